The minimum atomic E-state index is -0.906. The zero-order chi connectivity index (χ0) is 21.9. The first-order valence-electron chi connectivity index (χ1n) is 10.3. The van der Waals surface area contributed by atoms with Gasteiger partial charge in [-0.25, -0.2) is 0 Å². The summed E-state index contributed by atoms with van der Waals surface area (Å²) in [5.41, 5.74) is 5.39. The average molecular weight is 401 g/mol. The summed E-state index contributed by atoms with van der Waals surface area (Å²) in [7, 11) is 0. The van der Waals surface area contributed by atoms with E-state index in [0.29, 0.717) is 13.0 Å². The van der Waals surface area contributed by atoms with Crippen LogP contribution in [0.1, 0.15) is 67.2 Å². The number of amides is 3. The van der Waals surface area contributed by atoms with Crippen LogP contribution in [0.5, 0.6) is 0 Å². The van der Waals surface area contributed by atoms with E-state index in [1.807, 2.05) is 13.8 Å². The third-order valence-corrected chi connectivity index (χ3v) is 4.52. The summed E-state index contributed by atoms with van der Waals surface area (Å²) in [6.45, 7) is 11.7. The molecule has 0 aromatic heterocycles. The van der Waals surface area contributed by atoms with Crippen molar-refractivity contribution in [1.82, 2.24) is 16.0 Å². The Labute approximate surface area is 169 Å². The zero-order valence-corrected chi connectivity index (χ0v) is 18.2. The number of carbonyl (C=O) groups excluding carboxylic acids is 3. The van der Waals surface area contributed by atoms with E-state index >= 15 is 0 Å². The molecule has 0 aliphatic rings. The van der Waals surface area contributed by atoms with Crippen LogP contribution in [0.25, 0.3) is 0 Å². The van der Waals surface area contributed by atoms with Gasteiger partial charge < -0.3 is 26.8 Å². The summed E-state index contributed by atoms with van der Waals surface area (Å²) < 4.78 is 0. The van der Waals surface area contributed by atoms with Gasteiger partial charge in [0.2, 0.25) is 17.7 Å². The first-order chi connectivity index (χ1) is 13.0. The van der Waals surface area contributed by atoms with Crippen molar-refractivity contribution in [2.45, 2.75) is 91.5 Å². The number of hydrogen-bond acceptors (Lipinski definition) is 5. The Morgan fingerprint density at radius 3 is 1.93 bits per heavy atom. The molecule has 164 valence electrons. The summed E-state index contributed by atoms with van der Waals surface area (Å²) >= 11 is 0. The van der Waals surface area contributed by atoms with Gasteiger partial charge in [0.15, 0.2) is 0 Å². The number of nitrogens with two attached hydrogens (primary N) is 1. The Balaban J connectivity index is 5.06. The monoisotopic (exact) mass is 400 g/mol. The van der Waals surface area contributed by atoms with E-state index < -0.39 is 42.0 Å². The standard InChI is InChI=1S/C20H40N4O4/c1-7-8-9-10-22-17(14(6)25)20(28)24-16(13(4)5)19(27)23-15(18(21)26)11-12(2)3/h12-17,22,25H,7-11H2,1-6H3,(H2,21,26)(H,23,27)(H,24,28)/t14-,15+,16+,17+/m1/s1. The molecule has 0 bridgehead atoms. The quantitative estimate of drug-likeness (QED) is 0.273. The van der Waals surface area contributed by atoms with Gasteiger partial charge in [0, 0.05) is 0 Å². The number of carbonyl (C=O) groups is 3. The van der Waals surface area contributed by atoms with Gasteiger partial charge in [-0.05, 0) is 38.1 Å². The van der Waals surface area contributed by atoms with Gasteiger partial charge in [-0.15, -0.1) is 0 Å². The largest absolute Gasteiger partial charge is 0.391 e. The molecule has 0 aliphatic heterocycles. The van der Waals surface area contributed by atoms with Crippen LogP contribution in [0.3, 0.4) is 0 Å². The molecule has 6 N–H and O–H groups in total. The molecule has 4 atom stereocenters. The number of aliphatic hydroxyl groups excluding tert-OH is 1. The van der Waals surface area contributed by atoms with Gasteiger partial charge in [-0.1, -0.05) is 47.5 Å². The molecule has 0 unspecified atom stereocenters. The van der Waals surface area contributed by atoms with Crippen LogP contribution in [-0.4, -0.2) is 53.6 Å². The highest BCUT2D eigenvalue weighted by molar-refractivity contribution is 5.93. The first kappa shape index (κ1) is 26.3. The fourth-order valence-corrected chi connectivity index (χ4v) is 2.87. The predicted molar refractivity (Wildman–Crippen MR) is 110 cm³/mol. The fraction of sp³-hybridized carbons (Fsp3) is 0.850. The zero-order valence-electron chi connectivity index (χ0n) is 18.2. The number of unbranched alkanes of at least 4 members (excludes halogenated alkanes) is 2. The summed E-state index contributed by atoms with van der Waals surface area (Å²) in [6.07, 6.45) is 2.51. The van der Waals surface area contributed by atoms with Crippen molar-refractivity contribution in [3.05, 3.63) is 0 Å². The molecule has 0 fully saturated rings. The maximum absolute atomic E-state index is 12.7. The Morgan fingerprint density at radius 1 is 0.929 bits per heavy atom. The van der Waals surface area contributed by atoms with Crippen molar-refractivity contribution in [1.29, 1.82) is 0 Å². The second kappa shape index (κ2) is 13.5. The van der Waals surface area contributed by atoms with E-state index in [1.54, 1.807) is 13.8 Å². The molecule has 0 heterocycles. The third kappa shape index (κ3) is 10.0. The SMILES string of the molecule is CCCCCN[C@H](C(=O)N[C@H](C(=O)N[C@@H](CC(C)C)C(N)=O)C(C)C)[C@@H](C)O. The highest BCUT2D eigenvalue weighted by atomic mass is 16.3. The van der Waals surface area contributed by atoms with Crippen molar-refractivity contribution in [3.63, 3.8) is 0 Å². The van der Waals surface area contributed by atoms with Crippen molar-refractivity contribution in [2.24, 2.45) is 17.6 Å². The molecular weight excluding hydrogens is 360 g/mol. The third-order valence-electron chi connectivity index (χ3n) is 4.52. The average Bonchev–Trinajstić information content (AvgIpc) is 2.57. The lowest BCUT2D eigenvalue weighted by molar-refractivity contribution is -0.134. The van der Waals surface area contributed by atoms with E-state index in [2.05, 4.69) is 22.9 Å². The topological polar surface area (TPSA) is 134 Å². The van der Waals surface area contributed by atoms with Crippen molar-refractivity contribution < 1.29 is 19.5 Å². The molecule has 0 rings (SSSR count). The van der Waals surface area contributed by atoms with Gasteiger partial charge >= 0.3 is 0 Å². The second-order valence-electron chi connectivity index (χ2n) is 8.20. The van der Waals surface area contributed by atoms with Gasteiger partial charge in [0.1, 0.15) is 18.1 Å². The maximum Gasteiger partial charge on any atom is 0.243 e. The molecule has 0 saturated carbocycles. The van der Waals surface area contributed by atoms with Crippen LogP contribution in [0, 0.1) is 11.8 Å². The molecule has 0 aromatic carbocycles. The van der Waals surface area contributed by atoms with Crippen LogP contribution < -0.4 is 21.7 Å². The molecule has 28 heavy (non-hydrogen) atoms. The van der Waals surface area contributed by atoms with Crippen molar-refractivity contribution >= 4 is 17.7 Å². The smallest absolute Gasteiger partial charge is 0.243 e. The molecule has 8 heteroatoms. The molecule has 0 saturated heterocycles. The van der Waals surface area contributed by atoms with Crippen LogP contribution in [0.4, 0.5) is 0 Å². The Bertz CT molecular complexity index is 495. The van der Waals surface area contributed by atoms with Gasteiger partial charge in [-0.2, -0.15) is 0 Å². The van der Waals surface area contributed by atoms with E-state index in [-0.39, 0.29) is 11.8 Å². The molecule has 0 aliphatic carbocycles. The van der Waals surface area contributed by atoms with Gasteiger partial charge in [0.05, 0.1) is 6.10 Å². The van der Waals surface area contributed by atoms with Crippen LogP contribution in [0.15, 0.2) is 0 Å². The highest BCUT2D eigenvalue weighted by Crippen LogP contribution is 2.08. The fourth-order valence-electron chi connectivity index (χ4n) is 2.87. The second-order valence-corrected chi connectivity index (χ2v) is 8.20. The van der Waals surface area contributed by atoms with E-state index in [4.69, 9.17) is 5.73 Å². The van der Waals surface area contributed by atoms with Crippen LogP contribution in [-0.2, 0) is 14.4 Å². The Hall–Kier alpha value is -1.67. The lowest BCUT2D eigenvalue weighted by atomic mass is 9.99. The minimum Gasteiger partial charge on any atom is -0.391 e. The number of primary amides is 1. The number of aliphatic hydroxyl groups is 1. The lowest BCUT2D eigenvalue weighted by Crippen LogP contribution is -2.59. The maximum atomic E-state index is 12.7. The van der Waals surface area contributed by atoms with Gasteiger partial charge in [-0.3, -0.25) is 14.4 Å². The summed E-state index contributed by atoms with van der Waals surface area (Å²) in [6, 6.07) is -2.43. The van der Waals surface area contributed by atoms with E-state index in [9.17, 15) is 19.5 Å². The normalized spacial score (nSPS) is 15.8. The van der Waals surface area contributed by atoms with Gasteiger partial charge in [0.25, 0.3) is 0 Å². The minimum absolute atomic E-state index is 0.178. The van der Waals surface area contributed by atoms with Crippen molar-refractivity contribution in [3.8, 4) is 0 Å². The number of rotatable bonds is 14. The number of nitrogens with one attached hydrogen (secondary N) is 3. The van der Waals surface area contributed by atoms with E-state index in [1.165, 1.54) is 6.92 Å². The summed E-state index contributed by atoms with van der Waals surface area (Å²) in [5.74, 6) is -1.53. The number of hydrogen-bond donors (Lipinski definition) is 5. The summed E-state index contributed by atoms with van der Waals surface area (Å²) in [4.78, 5) is 37.0. The Morgan fingerprint density at radius 2 is 1.50 bits per heavy atom. The molecule has 3 amide bonds. The molecule has 8 nitrogen and oxygen atoms in total. The Kier molecular flexibility index (Phi) is 12.7. The lowest BCUT2D eigenvalue weighted by Gasteiger charge is -2.28. The first-order valence-corrected chi connectivity index (χ1v) is 10.3. The molecule has 0 aromatic rings. The van der Waals surface area contributed by atoms with Crippen LogP contribution in [0.2, 0.25) is 0 Å². The summed E-state index contributed by atoms with van der Waals surface area (Å²) in [5, 5.41) is 18.4. The highest BCUT2D eigenvalue weighted by Gasteiger charge is 2.31. The predicted octanol–water partition coefficient (Wildman–Crippen LogP) is 0.673. The molecule has 0 spiro atoms. The molecular formula is C20H40N4O4. The van der Waals surface area contributed by atoms with Crippen molar-refractivity contribution in [2.75, 3.05) is 6.54 Å². The molecule has 0 radical (unpaired) electrons. The van der Waals surface area contributed by atoms with Crippen LogP contribution >= 0.6 is 0 Å². The van der Waals surface area contributed by atoms with E-state index in [0.717, 1.165) is 19.3 Å².